The quantitative estimate of drug-likeness (QED) is 0.589. The third kappa shape index (κ3) is 4.21. The van der Waals surface area contributed by atoms with Gasteiger partial charge in [-0.15, -0.1) is 0 Å². The summed E-state index contributed by atoms with van der Waals surface area (Å²) >= 11 is 0. The molecule has 0 radical (unpaired) electrons. The van der Waals surface area contributed by atoms with Crippen molar-refractivity contribution >= 4 is 17.4 Å². The standard InChI is InChI=1S/C23H27N5O2.3H2/c1-15(2)11-16-14-28(9-8-25-16)21-12-18(19(13-27-21)20-6-4-10-30-20)22(29)17-5-3-7-26-23(17)24;;;/h3-7,10,12-13,15-16,25H,8-9,11,14H2,1-2H3,(H2,24,26);3*1H/t16-;;;/m0.../s1. The molecule has 0 spiro atoms. The molecule has 3 aromatic heterocycles. The van der Waals surface area contributed by atoms with Crippen molar-refractivity contribution in [1.29, 1.82) is 0 Å². The summed E-state index contributed by atoms with van der Waals surface area (Å²) in [6.07, 6.45) is 5.97. The van der Waals surface area contributed by atoms with Crippen LogP contribution in [0.1, 0.15) is 40.5 Å². The zero-order valence-electron chi connectivity index (χ0n) is 17.3. The predicted molar refractivity (Wildman–Crippen MR) is 124 cm³/mol. The molecule has 7 heteroatoms. The number of rotatable bonds is 6. The van der Waals surface area contributed by atoms with E-state index in [0.717, 1.165) is 31.9 Å². The number of hydrogen-bond acceptors (Lipinski definition) is 7. The molecule has 4 heterocycles. The maximum atomic E-state index is 13.4. The van der Waals surface area contributed by atoms with Crippen LogP contribution in [-0.4, -0.2) is 41.4 Å². The zero-order valence-corrected chi connectivity index (χ0v) is 17.3. The highest BCUT2D eigenvalue weighted by atomic mass is 16.3. The van der Waals surface area contributed by atoms with Crippen LogP contribution in [0, 0.1) is 5.92 Å². The first-order valence-electron chi connectivity index (χ1n) is 10.3. The van der Waals surface area contributed by atoms with E-state index < -0.39 is 0 Å². The Morgan fingerprint density at radius 3 is 2.93 bits per heavy atom. The number of anilines is 2. The molecule has 7 nitrogen and oxygen atoms in total. The van der Waals surface area contributed by atoms with Crippen molar-refractivity contribution in [3.05, 3.63) is 60.1 Å². The molecular formula is C23H33N5O2. The van der Waals surface area contributed by atoms with E-state index >= 15 is 0 Å². The van der Waals surface area contributed by atoms with Crippen molar-refractivity contribution in [1.82, 2.24) is 15.3 Å². The highest BCUT2D eigenvalue weighted by Gasteiger charge is 2.25. The summed E-state index contributed by atoms with van der Waals surface area (Å²) in [5.41, 5.74) is 7.51. The van der Waals surface area contributed by atoms with Crippen molar-refractivity contribution in [2.45, 2.75) is 26.3 Å². The lowest BCUT2D eigenvalue weighted by atomic mass is 9.98. The van der Waals surface area contributed by atoms with Crippen LogP contribution in [-0.2, 0) is 0 Å². The van der Waals surface area contributed by atoms with Gasteiger partial charge in [0.2, 0.25) is 0 Å². The van der Waals surface area contributed by atoms with Crippen molar-refractivity contribution in [2.75, 3.05) is 30.3 Å². The number of hydrogen-bond donors (Lipinski definition) is 2. The lowest BCUT2D eigenvalue weighted by molar-refractivity contribution is 0.103. The lowest BCUT2D eigenvalue weighted by Gasteiger charge is -2.35. The molecule has 30 heavy (non-hydrogen) atoms. The van der Waals surface area contributed by atoms with Crippen molar-refractivity contribution < 1.29 is 13.5 Å². The largest absolute Gasteiger partial charge is 0.464 e. The summed E-state index contributed by atoms with van der Waals surface area (Å²) in [4.78, 5) is 24.4. The third-order valence-corrected chi connectivity index (χ3v) is 5.34. The Balaban J connectivity index is 0.00000181. The van der Waals surface area contributed by atoms with Gasteiger partial charge in [-0.05, 0) is 42.7 Å². The Kier molecular flexibility index (Phi) is 5.81. The molecule has 1 aliphatic heterocycles. The van der Waals surface area contributed by atoms with E-state index in [0.29, 0.717) is 34.4 Å². The number of ketones is 1. The molecule has 0 aromatic carbocycles. The predicted octanol–water partition coefficient (Wildman–Crippen LogP) is 4.11. The Hall–Kier alpha value is -3.19. The number of nitrogens with two attached hydrogens (primary N) is 1. The Morgan fingerprint density at radius 1 is 1.33 bits per heavy atom. The number of nitrogens with one attached hydrogen (secondary N) is 1. The number of pyridine rings is 2. The number of carbonyl (C=O) groups excluding carboxylic acids is 1. The summed E-state index contributed by atoms with van der Waals surface area (Å²) in [5.74, 6) is 2.02. The first-order valence-corrected chi connectivity index (χ1v) is 10.3. The molecule has 0 saturated carbocycles. The second-order valence-electron chi connectivity index (χ2n) is 8.06. The average Bonchev–Trinajstić information content (AvgIpc) is 3.28. The van der Waals surface area contributed by atoms with Crippen LogP contribution in [0.4, 0.5) is 11.6 Å². The minimum atomic E-state index is -0.190. The van der Waals surface area contributed by atoms with Crippen LogP contribution in [0.15, 0.2) is 53.4 Å². The number of piperazine rings is 1. The van der Waals surface area contributed by atoms with E-state index in [4.69, 9.17) is 10.2 Å². The van der Waals surface area contributed by atoms with Gasteiger partial charge in [-0.25, -0.2) is 9.97 Å². The molecule has 0 unspecified atom stereocenters. The van der Waals surface area contributed by atoms with Gasteiger partial charge < -0.3 is 20.4 Å². The lowest BCUT2D eigenvalue weighted by Crippen LogP contribution is -2.51. The normalized spacial score (nSPS) is 16.8. The summed E-state index contributed by atoms with van der Waals surface area (Å²) in [6, 6.07) is 9.28. The van der Waals surface area contributed by atoms with Gasteiger partial charge in [0.25, 0.3) is 0 Å². The Labute approximate surface area is 180 Å². The first kappa shape index (κ1) is 20.1. The second-order valence-corrected chi connectivity index (χ2v) is 8.06. The van der Waals surface area contributed by atoms with Crippen LogP contribution in [0.25, 0.3) is 11.3 Å². The molecule has 1 atom stereocenters. The minimum Gasteiger partial charge on any atom is -0.464 e. The Morgan fingerprint density at radius 2 is 2.20 bits per heavy atom. The molecule has 0 amide bonds. The van der Waals surface area contributed by atoms with E-state index in [1.807, 2.05) is 12.1 Å². The minimum absolute atomic E-state index is 0. The van der Waals surface area contributed by atoms with Gasteiger partial charge in [0.05, 0.1) is 11.8 Å². The second kappa shape index (κ2) is 8.67. The summed E-state index contributed by atoms with van der Waals surface area (Å²) in [6.45, 7) is 7.04. The van der Waals surface area contributed by atoms with Gasteiger partial charge in [-0.2, -0.15) is 0 Å². The molecule has 162 valence electrons. The fourth-order valence-corrected chi connectivity index (χ4v) is 3.95. The van der Waals surface area contributed by atoms with Crippen LogP contribution in [0.5, 0.6) is 0 Å². The van der Waals surface area contributed by atoms with Crippen molar-refractivity contribution in [3.8, 4) is 11.3 Å². The molecule has 0 bridgehead atoms. The Bertz CT molecular complexity index is 1030. The summed E-state index contributed by atoms with van der Waals surface area (Å²) in [5, 5.41) is 3.58. The van der Waals surface area contributed by atoms with Gasteiger partial charge in [0.15, 0.2) is 5.78 Å². The zero-order chi connectivity index (χ0) is 21.1. The number of carbonyl (C=O) groups is 1. The maximum Gasteiger partial charge on any atom is 0.197 e. The van der Waals surface area contributed by atoms with Gasteiger partial charge in [-0.1, -0.05) is 13.8 Å². The smallest absolute Gasteiger partial charge is 0.197 e. The molecule has 0 aliphatic carbocycles. The van der Waals surface area contributed by atoms with Crippen LogP contribution in [0.2, 0.25) is 0 Å². The average molecular weight is 412 g/mol. The fourth-order valence-electron chi connectivity index (χ4n) is 3.95. The fraction of sp³-hybridized carbons (Fsp3) is 0.348. The molecule has 3 N–H and O–H groups in total. The molecule has 3 aromatic rings. The van der Waals surface area contributed by atoms with Crippen molar-refractivity contribution in [2.24, 2.45) is 5.92 Å². The highest BCUT2D eigenvalue weighted by molar-refractivity contribution is 6.15. The van der Waals surface area contributed by atoms with E-state index in [2.05, 4.69) is 34.0 Å². The number of aromatic nitrogens is 2. The van der Waals surface area contributed by atoms with E-state index in [1.54, 1.807) is 36.9 Å². The van der Waals surface area contributed by atoms with Crippen LogP contribution in [0.3, 0.4) is 0 Å². The number of nitrogen functional groups attached to an aromatic ring is 1. The molecule has 1 saturated heterocycles. The highest BCUT2D eigenvalue weighted by Crippen LogP contribution is 2.30. The van der Waals surface area contributed by atoms with Gasteiger partial charge in [0, 0.05) is 53.5 Å². The van der Waals surface area contributed by atoms with Gasteiger partial charge >= 0.3 is 0 Å². The van der Waals surface area contributed by atoms with Crippen LogP contribution < -0.4 is 16.0 Å². The third-order valence-electron chi connectivity index (χ3n) is 5.34. The van der Waals surface area contributed by atoms with E-state index in [-0.39, 0.29) is 15.9 Å². The molecular weight excluding hydrogens is 378 g/mol. The SMILES string of the molecule is CC(C)C[C@H]1CN(c2cc(C(=O)c3cccnc3N)c(-c3ccco3)cn2)CCN1.[HH].[HH].[HH]. The maximum absolute atomic E-state index is 13.4. The number of furan rings is 1. The van der Waals surface area contributed by atoms with Crippen LogP contribution >= 0.6 is 0 Å². The topological polar surface area (TPSA) is 97.3 Å². The van der Waals surface area contributed by atoms with Gasteiger partial charge in [0.1, 0.15) is 17.4 Å². The monoisotopic (exact) mass is 411 g/mol. The number of nitrogens with zero attached hydrogens (tertiary/aromatic N) is 3. The van der Waals surface area contributed by atoms with E-state index in [9.17, 15) is 4.79 Å². The summed E-state index contributed by atoms with van der Waals surface area (Å²) in [7, 11) is 0. The first-order chi connectivity index (χ1) is 14.5. The molecule has 1 fully saturated rings. The molecule has 4 rings (SSSR count). The van der Waals surface area contributed by atoms with Crippen molar-refractivity contribution in [3.63, 3.8) is 0 Å². The van der Waals surface area contributed by atoms with E-state index in [1.165, 1.54) is 0 Å². The molecule has 1 aliphatic rings. The summed E-state index contributed by atoms with van der Waals surface area (Å²) < 4.78 is 5.56. The van der Waals surface area contributed by atoms with Gasteiger partial charge in [-0.3, -0.25) is 4.79 Å².